The Hall–Kier alpha value is -2.56. The van der Waals surface area contributed by atoms with Crippen molar-refractivity contribution in [1.29, 1.82) is 0 Å². The van der Waals surface area contributed by atoms with Gasteiger partial charge >= 0.3 is 0 Å². The first-order valence-corrected chi connectivity index (χ1v) is 13.9. The smallest absolute Gasteiger partial charge is 0.144 e. The van der Waals surface area contributed by atoms with Gasteiger partial charge in [0.15, 0.2) is 0 Å². The molecule has 0 atom stereocenters. The van der Waals surface area contributed by atoms with E-state index < -0.39 is 5.41 Å². The van der Waals surface area contributed by atoms with Crippen LogP contribution >= 0.6 is 55.1 Å². The fourth-order valence-electron chi connectivity index (χ4n) is 6.45. The van der Waals surface area contributed by atoms with Crippen LogP contribution in [0.25, 0.3) is 44.2 Å². The molecule has 1 spiro atoms. The highest BCUT2D eigenvalue weighted by Gasteiger charge is 2.53. The van der Waals surface area contributed by atoms with Gasteiger partial charge in [-0.3, -0.25) is 0 Å². The molecule has 0 amide bonds. The van der Waals surface area contributed by atoms with Gasteiger partial charge in [-0.2, -0.15) is 0 Å². The summed E-state index contributed by atoms with van der Waals surface area (Å²) in [6.45, 7) is 0. The van der Waals surface area contributed by atoms with E-state index in [4.69, 9.17) is 27.6 Å². The highest BCUT2D eigenvalue weighted by molar-refractivity contribution is 9.11. The predicted octanol–water partition coefficient (Wildman–Crippen LogP) is 10.8. The molecule has 5 heteroatoms. The molecular formula is C31H14Br2Cl2O. The van der Waals surface area contributed by atoms with Crippen molar-refractivity contribution in [1.82, 2.24) is 0 Å². The standard InChI is InChI=1S/C31H14Br2Cl2O/c32-15-5-8-20-22(11-15)31(23-12-16(34)6-9-18(23)19-10-7-17(35)13-24(19)31)25-14-26(33)29-21-3-1-2-4-27(21)36-30(29)28(20)25/h1-14H. The molecule has 0 aliphatic heterocycles. The van der Waals surface area contributed by atoms with Crippen molar-refractivity contribution in [2.75, 3.05) is 0 Å². The number of halogens is 4. The first kappa shape index (κ1) is 21.5. The molecule has 0 radical (unpaired) electrons. The minimum absolute atomic E-state index is 0.579. The van der Waals surface area contributed by atoms with Crippen molar-refractivity contribution in [2.45, 2.75) is 5.41 Å². The Morgan fingerprint density at radius 2 is 1.28 bits per heavy atom. The lowest BCUT2D eigenvalue weighted by atomic mass is 9.70. The van der Waals surface area contributed by atoms with E-state index >= 15 is 0 Å². The van der Waals surface area contributed by atoms with Gasteiger partial charge in [-0.15, -0.1) is 0 Å². The first-order valence-electron chi connectivity index (χ1n) is 11.5. The van der Waals surface area contributed by atoms with E-state index in [0.717, 1.165) is 53.1 Å². The van der Waals surface area contributed by atoms with Gasteiger partial charge in [0.05, 0.1) is 5.41 Å². The predicted molar refractivity (Wildman–Crippen MR) is 155 cm³/mol. The quantitative estimate of drug-likeness (QED) is 0.162. The molecule has 172 valence electrons. The molecule has 0 N–H and O–H groups in total. The summed E-state index contributed by atoms with van der Waals surface area (Å²) in [7, 11) is 0. The SMILES string of the molecule is Clc1ccc2c(c1)C1(c3cc(Cl)ccc3-2)c2cc(Br)ccc2-c2c1cc(Br)c1c2oc2ccccc21. The fraction of sp³-hybridized carbons (Fsp3) is 0.0323. The zero-order valence-electron chi connectivity index (χ0n) is 18.5. The summed E-state index contributed by atoms with van der Waals surface area (Å²) >= 11 is 21.0. The largest absolute Gasteiger partial charge is 0.455 e. The van der Waals surface area contributed by atoms with E-state index in [2.05, 4.69) is 92.5 Å². The second-order valence-electron chi connectivity index (χ2n) is 9.40. The van der Waals surface area contributed by atoms with Crippen LogP contribution in [0.15, 0.2) is 98.3 Å². The Labute approximate surface area is 233 Å². The monoisotopic (exact) mass is 630 g/mol. The number of rotatable bonds is 0. The van der Waals surface area contributed by atoms with Gasteiger partial charge in [0.2, 0.25) is 0 Å². The molecule has 2 aliphatic carbocycles. The molecule has 6 aromatic rings. The zero-order chi connectivity index (χ0) is 24.3. The molecule has 5 aromatic carbocycles. The van der Waals surface area contributed by atoms with Gasteiger partial charge in [0.25, 0.3) is 0 Å². The molecule has 0 bridgehead atoms. The lowest BCUT2D eigenvalue weighted by Gasteiger charge is -2.31. The van der Waals surface area contributed by atoms with Crippen LogP contribution in [-0.2, 0) is 5.41 Å². The molecule has 36 heavy (non-hydrogen) atoms. The van der Waals surface area contributed by atoms with Crippen LogP contribution in [-0.4, -0.2) is 0 Å². The molecule has 0 saturated carbocycles. The van der Waals surface area contributed by atoms with Gasteiger partial charge in [-0.05, 0) is 87.5 Å². The van der Waals surface area contributed by atoms with E-state index in [1.54, 1.807) is 0 Å². The fourth-order valence-corrected chi connectivity index (χ4v) is 7.78. The molecule has 0 unspecified atom stereocenters. The van der Waals surface area contributed by atoms with Crippen molar-refractivity contribution in [3.63, 3.8) is 0 Å². The second kappa shape index (κ2) is 7.26. The van der Waals surface area contributed by atoms with E-state index in [1.807, 2.05) is 24.3 Å². The zero-order valence-corrected chi connectivity index (χ0v) is 23.2. The van der Waals surface area contributed by atoms with Crippen LogP contribution in [0.4, 0.5) is 0 Å². The van der Waals surface area contributed by atoms with E-state index in [1.165, 1.54) is 22.3 Å². The van der Waals surface area contributed by atoms with Crippen molar-refractivity contribution in [3.8, 4) is 22.3 Å². The number of benzene rings is 5. The van der Waals surface area contributed by atoms with E-state index in [0.29, 0.717) is 10.0 Å². The molecule has 0 saturated heterocycles. The number of hydrogen-bond donors (Lipinski definition) is 0. The summed E-state index contributed by atoms with van der Waals surface area (Å²) in [5.41, 5.74) is 10.5. The van der Waals surface area contributed by atoms with Gasteiger partial charge in [0, 0.05) is 35.3 Å². The average Bonchev–Trinajstić information content (AvgIpc) is 3.47. The van der Waals surface area contributed by atoms with Crippen LogP contribution in [0.2, 0.25) is 10.0 Å². The van der Waals surface area contributed by atoms with Crippen molar-refractivity contribution in [3.05, 3.63) is 126 Å². The van der Waals surface area contributed by atoms with Gasteiger partial charge in [-0.25, -0.2) is 0 Å². The lowest BCUT2D eigenvalue weighted by molar-refractivity contribution is 0.669. The van der Waals surface area contributed by atoms with Crippen LogP contribution in [0, 0.1) is 0 Å². The summed E-state index contributed by atoms with van der Waals surface area (Å²) in [6, 6.07) is 29.4. The minimum atomic E-state index is -0.579. The normalized spacial score (nSPS) is 14.3. The summed E-state index contributed by atoms with van der Waals surface area (Å²) < 4.78 is 8.62. The van der Waals surface area contributed by atoms with Crippen molar-refractivity contribution >= 4 is 77.0 Å². The summed E-state index contributed by atoms with van der Waals surface area (Å²) in [5, 5.41) is 3.60. The second-order valence-corrected chi connectivity index (χ2v) is 12.0. The molecule has 2 aliphatic rings. The Bertz CT molecular complexity index is 1900. The van der Waals surface area contributed by atoms with Crippen LogP contribution in [0.5, 0.6) is 0 Å². The molecule has 1 aromatic heterocycles. The average molecular weight is 633 g/mol. The topological polar surface area (TPSA) is 13.1 Å². The van der Waals surface area contributed by atoms with Crippen LogP contribution in [0.1, 0.15) is 22.3 Å². The van der Waals surface area contributed by atoms with Crippen LogP contribution in [0.3, 0.4) is 0 Å². The number of furan rings is 1. The Balaban J connectivity index is 1.65. The Kier molecular flexibility index (Phi) is 4.34. The maximum absolute atomic E-state index is 6.66. The summed E-state index contributed by atoms with van der Waals surface area (Å²) in [4.78, 5) is 0. The van der Waals surface area contributed by atoms with Gasteiger partial charge < -0.3 is 4.42 Å². The molecule has 1 nitrogen and oxygen atoms in total. The summed E-state index contributed by atoms with van der Waals surface area (Å²) in [6.07, 6.45) is 0. The number of para-hydroxylation sites is 1. The van der Waals surface area contributed by atoms with Gasteiger partial charge in [0.1, 0.15) is 11.2 Å². The molecular weight excluding hydrogens is 619 g/mol. The van der Waals surface area contributed by atoms with Crippen LogP contribution < -0.4 is 0 Å². The third-order valence-corrected chi connectivity index (χ3v) is 9.31. The molecule has 1 heterocycles. The third kappa shape index (κ3) is 2.52. The highest BCUT2D eigenvalue weighted by Crippen LogP contribution is 2.65. The van der Waals surface area contributed by atoms with E-state index in [9.17, 15) is 0 Å². The first-order chi connectivity index (χ1) is 17.5. The highest BCUT2D eigenvalue weighted by atomic mass is 79.9. The maximum Gasteiger partial charge on any atom is 0.144 e. The Morgan fingerprint density at radius 3 is 2.00 bits per heavy atom. The van der Waals surface area contributed by atoms with E-state index in [-0.39, 0.29) is 0 Å². The summed E-state index contributed by atoms with van der Waals surface area (Å²) in [5.74, 6) is 0. The third-order valence-electron chi connectivity index (χ3n) is 7.72. The van der Waals surface area contributed by atoms with Crippen molar-refractivity contribution < 1.29 is 4.42 Å². The van der Waals surface area contributed by atoms with Gasteiger partial charge in [-0.1, -0.05) is 91.5 Å². The lowest BCUT2D eigenvalue weighted by Crippen LogP contribution is -2.26. The minimum Gasteiger partial charge on any atom is -0.455 e. The number of fused-ring (bicyclic) bond motifs is 14. The number of hydrogen-bond acceptors (Lipinski definition) is 1. The Morgan fingerprint density at radius 1 is 0.639 bits per heavy atom. The molecule has 8 rings (SSSR count). The molecule has 0 fully saturated rings. The maximum atomic E-state index is 6.66. The van der Waals surface area contributed by atoms with Crippen molar-refractivity contribution in [2.24, 2.45) is 0 Å².